The lowest BCUT2D eigenvalue weighted by Gasteiger charge is -2.12. The molecule has 1 rings (SSSR count). The van der Waals surface area contributed by atoms with Crippen LogP contribution in [-0.2, 0) is 10.1 Å². The van der Waals surface area contributed by atoms with Crippen molar-refractivity contribution in [1.29, 1.82) is 0 Å². The predicted octanol–water partition coefficient (Wildman–Crippen LogP) is 1.72. The van der Waals surface area contributed by atoms with Crippen molar-refractivity contribution in [3.8, 4) is 5.75 Å². The number of amides is 1. The number of benzene rings is 1. The highest BCUT2D eigenvalue weighted by Crippen LogP contribution is 2.21. The van der Waals surface area contributed by atoms with Gasteiger partial charge in [0.1, 0.15) is 0 Å². The standard InChI is InChI=1S/C13H19NO4S/c1-9(2)8-14-13(15)11-7-10(3)5-6-12(11)18-19(4,16)17/h5-7,9H,8H2,1-4H3,(H,14,15). The predicted molar refractivity (Wildman–Crippen MR) is 73.8 cm³/mol. The zero-order chi connectivity index (χ0) is 14.6. The van der Waals surface area contributed by atoms with Gasteiger partial charge in [-0.15, -0.1) is 0 Å². The largest absolute Gasteiger partial charge is 0.382 e. The number of aryl methyl sites for hydroxylation is 1. The van der Waals surface area contributed by atoms with Gasteiger partial charge in [-0.05, 0) is 25.0 Å². The molecule has 5 nitrogen and oxygen atoms in total. The Balaban J connectivity index is 3.03. The summed E-state index contributed by atoms with van der Waals surface area (Å²) in [6.45, 7) is 6.30. The van der Waals surface area contributed by atoms with Crippen molar-refractivity contribution in [3.63, 3.8) is 0 Å². The van der Waals surface area contributed by atoms with E-state index in [4.69, 9.17) is 4.18 Å². The molecule has 1 aromatic carbocycles. The number of carbonyl (C=O) groups is 1. The van der Waals surface area contributed by atoms with Crippen molar-refractivity contribution in [3.05, 3.63) is 29.3 Å². The minimum atomic E-state index is -3.66. The van der Waals surface area contributed by atoms with Crippen molar-refractivity contribution in [2.45, 2.75) is 20.8 Å². The zero-order valence-corrected chi connectivity index (χ0v) is 12.4. The fourth-order valence-corrected chi connectivity index (χ4v) is 1.92. The van der Waals surface area contributed by atoms with Gasteiger partial charge in [0.25, 0.3) is 5.91 Å². The topological polar surface area (TPSA) is 72.5 Å². The van der Waals surface area contributed by atoms with Crippen molar-refractivity contribution in [1.82, 2.24) is 5.32 Å². The lowest BCUT2D eigenvalue weighted by Crippen LogP contribution is -2.28. The van der Waals surface area contributed by atoms with Gasteiger partial charge in [-0.25, -0.2) is 0 Å². The van der Waals surface area contributed by atoms with Crippen LogP contribution in [0.4, 0.5) is 0 Å². The highest BCUT2D eigenvalue weighted by Gasteiger charge is 2.16. The second-order valence-corrected chi connectivity index (χ2v) is 6.47. The Morgan fingerprint density at radius 2 is 2.00 bits per heavy atom. The summed E-state index contributed by atoms with van der Waals surface area (Å²) >= 11 is 0. The maximum absolute atomic E-state index is 12.0. The summed E-state index contributed by atoms with van der Waals surface area (Å²) in [5.74, 6) is 0.0263. The van der Waals surface area contributed by atoms with Crippen LogP contribution in [0.5, 0.6) is 5.75 Å². The zero-order valence-electron chi connectivity index (χ0n) is 11.6. The van der Waals surface area contributed by atoms with E-state index in [-0.39, 0.29) is 17.2 Å². The smallest absolute Gasteiger partial charge is 0.306 e. The van der Waals surface area contributed by atoms with Gasteiger partial charge in [0.2, 0.25) is 0 Å². The lowest BCUT2D eigenvalue weighted by atomic mass is 10.1. The van der Waals surface area contributed by atoms with Crippen LogP contribution < -0.4 is 9.50 Å². The van der Waals surface area contributed by atoms with Crippen LogP contribution in [-0.4, -0.2) is 27.1 Å². The minimum absolute atomic E-state index is 0.0503. The summed E-state index contributed by atoms with van der Waals surface area (Å²) in [6.07, 6.45) is 0.947. The van der Waals surface area contributed by atoms with Crippen LogP contribution in [0.2, 0.25) is 0 Å². The molecule has 0 aliphatic carbocycles. The van der Waals surface area contributed by atoms with E-state index in [0.29, 0.717) is 12.5 Å². The van der Waals surface area contributed by atoms with Crippen LogP contribution in [0.25, 0.3) is 0 Å². The van der Waals surface area contributed by atoms with E-state index in [2.05, 4.69) is 5.32 Å². The van der Waals surface area contributed by atoms with E-state index in [1.54, 1.807) is 12.1 Å². The first-order valence-corrected chi connectivity index (χ1v) is 7.79. The van der Waals surface area contributed by atoms with Gasteiger partial charge in [0, 0.05) is 6.54 Å². The van der Waals surface area contributed by atoms with E-state index in [0.717, 1.165) is 11.8 Å². The van der Waals surface area contributed by atoms with Gasteiger partial charge in [0.05, 0.1) is 11.8 Å². The molecular formula is C13H19NO4S. The quantitative estimate of drug-likeness (QED) is 0.836. The Hall–Kier alpha value is -1.56. The third-order valence-electron chi connectivity index (χ3n) is 2.29. The van der Waals surface area contributed by atoms with Crippen LogP contribution >= 0.6 is 0 Å². The third kappa shape index (κ3) is 5.30. The van der Waals surface area contributed by atoms with E-state index < -0.39 is 10.1 Å². The van der Waals surface area contributed by atoms with E-state index >= 15 is 0 Å². The second kappa shape index (κ2) is 6.06. The van der Waals surface area contributed by atoms with Crippen molar-refractivity contribution < 1.29 is 17.4 Å². The Labute approximate surface area is 114 Å². The molecule has 0 aromatic heterocycles. The number of carbonyl (C=O) groups excluding carboxylic acids is 1. The molecule has 0 fully saturated rings. The Bertz CT molecular complexity index is 564. The molecule has 1 N–H and O–H groups in total. The van der Waals surface area contributed by atoms with Gasteiger partial charge < -0.3 is 9.50 Å². The molecule has 0 aliphatic heterocycles. The number of rotatable bonds is 5. The van der Waals surface area contributed by atoms with Gasteiger partial charge in [-0.1, -0.05) is 25.5 Å². The molecule has 0 atom stereocenters. The molecule has 0 aliphatic rings. The van der Waals surface area contributed by atoms with Crippen molar-refractivity contribution >= 4 is 16.0 Å². The minimum Gasteiger partial charge on any atom is -0.382 e. The fraction of sp³-hybridized carbons (Fsp3) is 0.462. The van der Waals surface area contributed by atoms with Crippen LogP contribution in [0.15, 0.2) is 18.2 Å². The van der Waals surface area contributed by atoms with Gasteiger partial charge >= 0.3 is 10.1 Å². The molecule has 0 radical (unpaired) electrons. The van der Waals surface area contributed by atoms with Crippen molar-refractivity contribution in [2.75, 3.05) is 12.8 Å². The molecule has 0 saturated carbocycles. The van der Waals surface area contributed by atoms with Crippen molar-refractivity contribution in [2.24, 2.45) is 5.92 Å². The molecule has 0 heterocycles. The Kier molecular flexibility index (Phi) is 4.94. The summed E-state index contributed by atoms with van der Waals surface area (Å²) in [4.78, 5) is 12.0. The summed E-state index contributed by atoms with van der Waals surface area (Å²) in [5.41, 5.74) is 1.08. The molecule has 1 amide bonds. The van der Waals surface area contributed by atoms with Gasteiger partial charge in [-0.2, -0.15) is 8.42 Å². The third-order valence-corrected chi connectivity index (χ3v) is 2.77. The first kappa shape index (κ1) is 15.5. The Morgan fingerprint density at radius 1 is 1.37 bits per heavy atom. The number of nitrogens with one attached hydrogen (secondary N) is 1. The average molecular weight is 285 g/mol. The molecule has 6 heteroatoms. The highest BCUT2D eigenvalue weighted by atomic mass is 32.2. The highest BCUT2D eigenvalue weighted by molar-refractivity contribution is 7.86. The maximum Gasteiger partial charge on any atom is 0.306 e. The average Bonchev–Trinajstić information content (AvgIpc) is 2.26. The fourth-order valence-electron chi connectivity index (χ4n) is 1.45. The molecule has 106 valence electrons. The number of hydrogen-bond acceptors (Lipinski definition) is 4. The summed E-state index contributed by atoms with van der Waals surface area (Å²) in [6, 6.07) is 4.79. The second-order valence-electron chi connectivity index (χ2n) is 4.89. The molecule has 0 saturated heterocycles. The maximum atomic E-state index is 12.0. The summed E-state index contributed by atoms with van der Waals surface area (Å²) in [7, 11) is -3.66. The molecule has 0 unspecified atom stereocenters. The first-order valence-electron chi connectivity index (χ1n) is 5.97. The summed E-state index contributed by atoms with van der Waals surface area (Å²) in [5, 5.41) is 2.74. The molecule has 0 spiro atoms. The number of hydrogen-bond donors (Lipinski definition) is 1. The molecule has 1 aromatic rings. The molecule has 19 heavy (non-hydrogen) atoms. The molecule has 0 bridgehead atoms. The SMILES string of the molecule is Cc1ccc(OS(C)(=O)=O)c(C(=O)NCC(C)C)c1. The van der Waals surface area contributed by atoms with Gasteiger partial charge in [-0.3, -0.25) is 4.79 Å². The van der Waals surface area contributed by atoms with Crippen LogP contribution in [0.1, 0.15) is 29.8 Å². The Morgan fingerprint density at radius 3 is 2.53 bits per heavy atom. The van der Waals surface area contributed by atoms with Crippen LogP contribution in [0.3, 0.4) is 0 Å². The first-order chi connectivity index (χ1) is 8.69. The summed E-state index contributed by atoms with van der Waals surface area (Å²) < 4.78 is 27.2. The van der Waals surface area contributed by atoms with Crippen LogP contribution in [0, 0.1) is 12.8 Å². The molecular weight excluding hydrogens is 266 g/mol. The van der Waals surface area contributed by atoms with E-state index in [1.807, 2.05) is 20.8 Å². The monoisotopic (exact) mass is 285 g/mol. The van der Waals surface area contributed by atoms with E-state index in [1.165, 1.54) is 6.07 Å². The lowest BCUT2D eigenvalue weighted by molar-refractivity contribution is 0.0947. The van der Waals surface area contributed by atoms with E-state index in [9.17, 15) is 13.2 Å². The normalized spacial score (nSPS) is 11.4. The van der Waals surface area contributed by atoms with Gasteiger partial charge in [0.15, 0.2) is 5.75 Å².